The highest BCUT2D eigenvalue weighted by atomic mass is 79.9. The number of rotatable bonds is 1. The molecule has 1 atom stereocenters. The summed E-state index contributed by atoms with van der Waals surface area (Å²) in [6.45, 7) is 4.66. The minimum Gasteiger partial charge on any atom is -0.370 e. The van der Waals surface area contributed by atoms with Gasteiger partial charge >= 0.3 is 0 Å². The molecule has 2 heterocycles. The zero-order chi connectivity index (χ0) is 9.97. The molecule has 1 fully saturated rings. The van der Waals surface area contributed by atoms with Gasteiger partial charge < -0.3 is 4.90 Å². The van der Waals surface area contributed by atoms with E-state index in [9.17, 15) is 0 Å². The van der Waals surface area contributed by atoms with Crippen LogP contribution in [0.1, 0.15) is 19.8 Å². The first-order valence-electron chi connectivity index (χ1n) is 5.12. The largest absolute Gasteiger partial charge is 0.370 e. The van der Waals surface area contributed by atoms with E-state index in [2.05, 4.69) is 38.8 Å². The summed E-state index contributed by atoms with van der Waals surface area (Å²) in [4.78, 5) is 6.68. The van der Waals surface area contributed by atoms with Crippen molar-refractivity contribution in [3.8, 4) is 0 Å². The molecule has 1 aromatic heterocycles. The second-order valence-corrected chi connectivity index (χ2v) is 4.85. The average molecular weight is 255 g/mol. The second kappa shape index (κ2) is 4.30. The standard InChI is InChI=1S/C11H15BrN2/c1-9-3-2-6-14(8-9)10-4-5-11(12)13-7-10/h4-5,7,9H,2-3,6,8H2,1H3. The third-order valence-electron chi connectivity index (χ3n) is 2.73. The lowest BCUT2D eigenvalue weighted by atomic mass is 10.00. The molecule has 14 heavy (non-hydrogen) atoms. The molecule has 0 spiro atoms. The van der Waals surface area contributed by atoms with Crippen molar-refractivity contribution in [1.82, 2.24) is 4.98 Å². The van der Waals surface area contributed by atoms with Crippen LogP contribution in [0.15, 0.2) is 22.9 Å². The minimum absolute atomic E-state index is 0.812. The third kappa shape index (κ3) is 2.27. The summed E-state index contributed by atoms with van der Waals surface area (Å²) in [7, 11) is 0. The van der Waals surface area contributed by atoms with Crippen LogP contribution in [0.5, 0.6) is 0 Å². The highest BCUT2D eigenvalue weighted by Crippen LogP contribution is 2.22. The van der Waals surface area contributed by atoms with Gasteiger partial charge in [-0.3, -0.25) is 0 Å². The van der Waals surface area contributed by atoms with Gasteiger partial charge in [0.15, 0.2) is 0 Å². The van der Waals surface area contributed by atoms with Gasteiger partial charge in [-0.15, -0.1) is 0 Å². The van der Waals surface area contributed by atoms with Gasteiger partial charge in [-0.1, -0.05) is 6.92 Å². The van der Waals surface area contributed by atoms with Crippen LogP contribution in [0.25, 0.3) is 0 Å². The fourth-order valence-corrected chi connectivity index (χ4v) is 2.21. The number of hydrogen-bond acceptors (Lipinski definition) is 2. The van der Waals surface area contributed by atoms with Crippen LogP contribution in [0, 0.1) is 5.92 Å². The molecule has 0 N–H and O–H groups in total. The number of piperidine rings is 1. The molecule has 76 valence electrons. The van der Waals surface area contributed by atoms with Crippen LogP contribution in [0.3, 0.4) is 0 Å². The molecule has 0 radical (unpaired) electrons. The van der Waals surface area contributed by atoms with Gasteiger partial charge in [0, 0.05) is 13.1 Å². The normalized spacial score (nSPS) is 22.4. The summed E-state index contributed by atoms with van der Waals surface area (Å²) in [5.74, 6) is 0.812. The second-order valence-electron chi connectivity index (χ2n) is 4.03. The van der Waals surface area contributed by atoms with E-state index < -0.39 is 0 Å². The van der Waals surface area contributed by atoms with E-state index in [1.165, 1.54) is 31.6 Å². The van der Waals surface area contributed by atoms with Crippen molar-refractivity contribution in [2.45, 2.75) is 19.8 Å². The van der Waals surface area contributed by atoms with Gasteiger partial charge in [0.2, 0.25) is 0 Å². The molecule has 0 amide bonds. The Hall–Kier alpha value is -0.570. The Morgan fingerprint density at radius 1 is 1.50 bits per heavy atom. The maximum atomic E-state index is 4.25. The molecule has 0 saturated carbocycles. The maximum Gasteiger partial charge on any atom is 0.106 e. The predicted octanol–water partition coefficient (Wildman–Crippen LogP) is 3.08. The monoisotopic (exact) mass is 254 g/mol. The van der Waals surface area contributed by atoms with Crippen LogP contribution in [-0.2, 0) is 0 Å². The Balaban J connectivity index is 2.10. The number of aromatic nitrogens is 1. The molecule has 0 aliphatic carbocycles. The molecular formula is C11H15BrN2. The highest BCUT2D eigenvalue weighted by molar-refractivity contribution is 9.10. The zero-order valence-electron chi connectivity index (χ0n) is 8.41. The summed E-state index contributed by atoms with van der Waals surface area (Å²) in [5, 5.41) is 0. The average Bonchev–Trinajstić information content (AvgIpc) is 2.19. The van der Waals surface area contributed by atoms with Crippen LogP contribution in [0.4, 0.5) is 5.69 Å². The Morgan fingerprint density at radius 2 is 2.36 bits per heavy atom. The van der Waals surface area contributed by atoms with Crippen molar-refractivity contribution in [1.29, 1.82) is 0 Å². The lowest BCUT2D eigenvalue weighted by Crippen LogP contribution is -2.34. The van der Waals surface area contributed by atoms with Crippen molar-refractivity contribution < 1.29 is 0 Å². The van der Waals surface area contributed by atoms with Crippen molar-refractivity contribution in [2.24, 2.45) is 5.92 Å². The number of hydrogen-bond donors (Lipinski definition) is 0. The topological polar surface area (TPSA) is 16.1 Å². The van der Waals surface area contributed by atoms with Gasteiger partial charge in [-0.25, -0.2) is 4.98 Å². The number of pyridine rings is 1. The zero-order valence-corrected chi connectivity index (χ0v) is 10.00. The van der Waals surface area contributed by atoms with E-state index in [4.69, 9.17) is 0 Å². The Kier molecular flexibility index (Phi) is 3.06. The fraction of sp³-hybridized carbons (Fsp3) is 0.545. The summed E-state index contributed by atoms with van der Waals surface area (Å²) in [6.07, 6.45) is 4.61. The smallest absolute Gasteiger partial charge is 0.106 e. The van der Waals surface area contributed by atoms with Crippen molar-refractivity contribution >= 4 is 21.6 Å². The lowest BCUT2D eigenvalue weighted by Gasteiger charge is -2.32. The SMILES string of the molecule is CC1CCCN(c2ccc(Br)nc2)C1. The molecule has 1 aliphatic rings. The van der Waals surface area contributed by atoms with Crippen LogP contribution in [0.2, 0.25) is 0 Å². The van der Waals surface area contributed by atoms with Crippen molar-refractivity contribution in [2.75, 3.05) is 18.0 Å². The first-order chi connectivity index (χ1) is 6.75. The van der Waals surface area contributed by atoms with E-state index in [1.54, 1.807) is 0 Å². The quantitative estimate of drug-likeness (QED) is 0.717. The summed E-state index contributed by atoms with van der Waals surface area (Å²) in [6, 6.07) is 4.14. The van der Waals surface area contributed by atoms with E-state index in [-0.39, 0.29) is 0 Å². The summed E-state index contributed by atoms with van der Waals surface area (Å²) >= 11 is 3.35. The van der Waals surface area contributed by atoms with Gasteiger partial charge in [0.25, 0.3) is 0 Å². The summed E-state index contributed by atoms with van der Waals surface area (Å²) in [5.41, 5.74) is 1.25. The molecule has 1 unspecified atom stereocenters. The van der Waals surface area contributed by atoms with Gasteiger partial charge in [-0.05, 0) is 46.8 Å². The first-order valence-corrected chi connectivity index (χ1v) is 5.91. The van der Waals surface area contributed by atoms with E-state index in [0.29, 0.717) is 0 Å². The fourth-order valence-electron chi connectivity index (χ4n) is 1.98. The number of nitrogens with zero attached hydrogens (tertiary/aromatic N) is 2. The molecule has 1 aromatic rings. The summed E-state index contributed by atoms with van der Waals surface area (Å²) < 4.78 is 0.909. The molecule has 3 heteroatoms. The molecule has 1 aliphatic heterocycles. The van der Waals surface area contributed by atoms with Crippen LogP contribution < -0.4 is 4.90 Å². The molecule has 1 saturated heterocycles. The van der Waals surface area contributed by atoms with Crippen LogP contribution >= 0.6 is 15.9 Å². The van der Waals surface area contributed by atoms with Gasteiger partial charge in [0.1, 0.15) is 4.60 Å². The maximum absolute atomic E-state index is 4.25. The van der Waals surface area contributed by atoms with Gasteiger partial charge in [-0.2, -0.15) is 0 Å². The van der Waals surface area contributed by atoms with E-state index in [1.807, 2.05) is 12.3 Å². The Labute approximate surface area is 93.5 Å². The molecule has 0 bridgehead atoms. The highest BCUT2D eigenvalue weighted by Gasteiger charge is 2.16. The Morgan fingerprint density at radius 3 is 3.00 bits per heavy atom. The molecule has 0 aromatic carbocycles. The Bertz CT molecular complexity index is 297. The minimum atomic E-state index is 0.812. The number of anilines is 1. The van der Waals surface area contributed by atoms with Crippen LogP contribution in [-0.4, -0.2) is 18.1 Å². The lowest BCUT2D eigenvalue weighted by molar-refractivity contribution is 0.446. The molecule has 2 rings (SSSR count). The van der Waals surface area contributed by atoms with Gasteiger partial charge in [0.05, 0.1) is 11.9 Å². The third-order valence-corrected chi connectivity index (χ3v) is 3.20. The van der Waals surface area contributed by atoms with E-state index >= 15 is 0 Å². The van der Waals surface area contributed by atoms with E-state index in [0.717, 1.165) is 10.5 Å². The van der Waals surface area contributed by atoms with Crippen molar-refractivity contribution in [3.63, 3.8) is 0 Å². The van der Waals surface area contributed by atoms with Crippen molar-refractivity contribution in [3.05, 3.63) is 22.9 Å². The predicted molar refractivity (Wildman–Crippen MR) is 62.5 cm³/mol. The molecular weight excluding hydrogens is 240 g/mol. The molecule has 2 nitrogen and oxygen atoms in total. The first kappa shape index (κ1) is 9.97. The number of halogens is 1.